The van der Waals surface area contributed by atoms with Gasteiger partial charge in [0.15, 0.2) is 0 Å². The average Bonchev–Trinajstić information content (AvgIpc) is 2.41. The zero-order valence-corrected chi connectivity index (χ0v) is 10.9. The van der Waals surface area contributed by atoms with E-state index in [0.717, 1.165) is 5.56 Å². The monoisotopic (exact) mass is 273 g/mol. The van der Waals surface area contributed by atoms with Crippen molar-refractivity contribution in [2.45, 2.75) is 25.3 Å². The highest BCUT2D eigenvalue weighted by Gasteiger charge is 2.37. The van der Waals surface area contributed by atoms with Crippen LogP contribution in [0.3, 0.4) is 0 Å². The van der Waals surface area contributed by atoms with Crippen molar-refractivity contribution < 1.29 is 14.4 Å². The van der Waals surface area contributed by atoms with E-state index in [0.29, 0.717) is 30.6 Å². The maximum Gasteiger partial charge on any atom is 0.254 e. The third-order valence-electron chi connectivity index (χ3n) is 3.83. The van der Waals surface area contributed by atoms with E-state index < -0.39 is 6.04 Å². The van der Waals surface area contributed by atoms with E-state index in [1.807, 2.05) is 6.07 Å². The Hall–Kier alpha value is -2.37. The Balaban J connectivity index is 1.88. The largest absolute Gasteiger partial charge is 0.399 e. The second-order valence-electron chi connectivity index (χ2n) is 5.13. The smallest absolute Gasteiger partial charge is 0.254 e. The van der Waals surface area contributed by atoms with Crippen molar-refractivity contribution in [1.82, 2.24) is 10.2 Å². The third kappa shape index (κ3) is 2.03. The predicted molar refractivity (Wildman–Crippen MR) is 71.8 cm³/mol. The van der Waals surface area contributed by atoms with Crippen LogP contribution in [-0.2, 0) is 16.0 Å². The molecule has 6 heteroatoms. The molecule has 0 radical (unpaired) electrons. The number of hydrogen-bond donors (Lipinski definition) is 2. The van der Waals surface area contributed by atoms with Crippen molar-refractivity contribution in [2.24, 2.45) is 0 Å². The molecule has 3 amide bonds. The minimum absolute atomic E-state index is 0.187. The van der Waals surface area contributed by atoms with Crippen molar-refractivity contribution in [3.05, 3.63) is 29.3 Å². The number of carbonyl (C=O) groups is 3. The molecule has 0 spiro atoms. The summed E-state index contributed by atoms with van der Waals surface area (Å²) in [6.45, 7) is 0.488. The molecule has 3 N–H and O–H groups in total. The average molecular weight is 273 g/mol. The molecule has 1 aromatic rings. The van der Waals surface area contributed by atoms with Gasteiger partial charge in [-0.25, -0.2) is 0 Å². The third-order valence-corrected chi connectivity index (χ3v) is 3.83. The Morgan fingerprint density at radius 1 is 1.20 bits per heavy atom. The van der Waals surface area contributed by atoms with Crippen LogP contribution in [0.5, 0.6) is 0 Å². The molecule has 1 aromatic carbocycles. The molecule has 0 aromatic heterocycles. The van der Waals surface area contributed by atoms with E-state index in [1.165, 1.54) is 0 Å². The summed E-state index contributed by atoms with van der Waals surface area (Å²) in [4.78, 5) is 37.1. The van der Waals surface area contributed by atoms with Gasteiger partial charge in [0.25, 0.3) is 5.91 Å². The number of nitrogens with zero attached hydrogens (tertiary/aromatic N) is 1. The first kappa shape index (κ1) is 12.7. The van der Waals surface area contributed by atoms with Crippen LogP contribution >= 0.6 is 0 Å². The number of nitrogens with two attached hydrogens (primary N) is 1. The highest BCUT2D eigenvalue weighted by Crippen LogP contribution is 2.25. The van der Waals surface area contributed by atoms with Crippen LogP contribution < -0.4 is 11.1 Å². The van der Waals surface area contributed by atoms with Crippen molar-refractivity contribution in [1.29, 1.82) is 0 Å². The molecule has 1 saturated heterocycles. The first-order valence-corrected chi connectivity index (χ1v) is 6.59. The number of nitrogen functional groups attached to an aromatic ring is 1. The molecule has 20 heavy (non-hydrogen) atoms. The second-order valence-corrected chi connectivity index (χ2v) is 5.13. The van der Waals surface area contributed by atoms with Gasteiger partial charge in [-0.05, 0) is 30.5 Å². The number of carbonyl (C=O) groups excluding carboxylic acids is 3. The maximum absolute atomic E-state index is 12.5. The van der Waals surface area contributed by atoms with Crippen molar-refractivity contribution in [2.75, 3.05) is 12.3 Å². The van der Waals surface area contributed by atoms with Crippen LogP contribution in [0.2, 0.25) is 0 Å². The minimum Gasteiger partial charge on any atom is -0.399 e. The van der Waals surface area contributed by atoms with Crippen LogP contribution in [0.4, 0.5) is 5.69 Å². The van der Waals surface area contributed by atoms with Crippen molar-refractivity contribution >= 4 is 23.4 Å². The number of imide groups is 1. The summed E-state index contributed by atoms with van der Waals surface area (Å²) in [5.74, 6) is -0.852. The summed E-state index contributed by atoms with van der Waals surface area (Å²) in [7, 11) is 0. The zero-order valence-electron chi connectivity index (χ0n) is 10.9. The molecule has 0 saturated carbocycles. The maximum atomic E-state index is 12.5. The molecule has 3 rings (SSSR count). The lowest BCUT2D eigenvalue weighted by Crippen LogP contribution is -2.55. The van der Waals surface area contributed by atoms with E-state index >= 15 is 0 Å². The van der Waals surface area contributed by atoms with Gasteiger partial charge >= 0.3 is 0 Å². The van der Waals surface area contributed by atoms with E-state index in [2.05, 4.69) is 5.32 Å². The fraction of sp³-hybridized carbons (Fsp3) is 0.357. The molecule has 2 aliphatic heterocycles. The molecule has 104 valence electrons. The summed E-state index contributed by atoms with van der Waals surface area (Å²) in [6.07, 6.45) is 1.34. The van der Waals surface area contributed by atoms with E-state index in [1.54, 1.807) is 17.0 Å². The molecule has 6 nitrogen and oxygen atoms in total. The van der Waals surface area contributed by atoms with Gasteiger partial charge in [0.2, 0.25) is 11.8 Å². The van der Waals surface area contributed by atoms with Crippen LogP contribution in [0, 0.1) is 0 Å². The van der Waals surface area contributed by atoms with Crippen LogP contribution in [0.1, 0.15) is 28.8 Å². The van der Waals surface area contributed by atoms with Crippen molar-refractivity contribution in [3.8, 4) is 0 Å². The fourth-order valence-corrected chi connectivity index (χ4v) is 2.79. The van der Waals surface area contributed by atoms with Crippen LogP contribution in [-0.4, -0.2) is 35.2 Å². The number of rotatable bonds is 1. The summed E-state index contributed by atoms with van der Waals surface area (Å²) >= 11 is 0. The first-order chi connectivity index (χ1) is 9.56. The van der Waals surface area contributed by atoms with Crippen LogP contribution in [0.25, 0.3) is 0 Å². The lowest BCUT2D eigenvalue weighted by Gasteiger charge is -2.36. The Labute approximate surface area is 115 Å². The Morgan fingerprint density at radius 2 is 2.00 bits per heavy atom. The summed E-state index contributed by atoms with van der Waals surface area (Å²) in [6, 6.07) is 4.71. The van der Waals surface area contributed by atoms with Gasteiger partial charge in [-0.3, -0.25) is 19.7 Å². The predicted octanol–water partition coefficient (Wildman–Crippen LogP) is 0.0723. The molecule has 0 aliphatic carbocycles. The van der Waals surface area contributed by atoms with Gasteiger partial charge in [0.1, 0.15) is 6.04 Å². The van der Waals surface area contributed by atoms with E-state index in [-0.39, 0.29) is 24.1 Å². The standard InChI is InChI=1S/C14H15N3O3/c15-9-2-1-8-5-6-17(14(20)10(8)7-9)11-3-4-12(18)16-13(11)19/h1-2,7,11H,3-6,15H2,(H,16,18,19). The number of anilines is 1. The molecule has 0 bridgehead atoms. The van der Waals surface area contributed by atoms with E-state index in [4.69, 9.17) is 5.73 Å². The van der Waals surface area contributed by atoms with Gasteiger partial charge in [-0.2, -0.15) is 0 Å². The molecule has 2 aliphatic rings. The first-order valence-electron chi connectivity index (χ1n) is 6.59. The summed E-state index contributed by atoms with van der Waals surface area (Å²) < 4.78 is 0. The van der Waals surface area contributed by atoms with E-state index in [9.17, 15) is 14.4 Å². The summed E-state index contributed by atoms with van der Waals surface area (Å²) in [5.41, 5.74) is 7.76. The Morgan fingerprint density at radius 3 is 2.75 bits per heavy atom. The van der Waals surface area contributed by atoms with Gasteiger partial charge in [-0.1, -0.05) is 6.07 Å². The number of fused-ring (bicyclic) bond motifs is 1. The SMILES string of the molecule is Nc1ccc2c(c1)C(=O)N(C1CCC(=O)NC1=O)CC2. The number of hydrogen-bond acceptors (Lipinski definition) is 4. The Kier molecular flexibility index (Phi) is 2.93. The lowest BCUT2D eigenvalue weighted by atomic mass is 9.95. The fourth-order valence-electron chi connectivity index (χ4n) is 2.79. The highest BCUT2D eigenvalue weighted by molar-refractivity contribution is 6.04. The lowest BCUT2D eigenvalue weighted by molar-refractivity contribution is -0.136. The molecule has 1 unspecified atom stereocenters. The molecule has 1 atom stereocenters. The number of nitrogens with one attached hydrogen (secondary N) is 1. The normalized spacial score (nSPS) is 22.5. The highest BCUT2D eigenvalue weighted by atomic mass is 16.2. The summed E-state index contributed by atoms with van der Waals surface area (Å²) in [5, 5.41) is 2.29. The topological polar surface area (TPSA) is 92.5 Å². The minimum atomic E-state index is -0.560. The van der Waals surface area contributed by atoms with Crippen LogP contribution in [0.15, 0.2) is 18.2 Å². The number of amides is 3. The molecule has 1 fully saturated rings. The zero-order chi connectivity index (χ0) is 14.3. The van der Waals surface area contributed by atoms with Gasteiger partial charge in [0.05, 0.1) is 0 Å². The number of piperidine rings is 1. The second kappa shape index (κ2) is 4.63. The van der Waals surface area contributed by atoms with Gasteiger partial charge in [-0.15, -0.1) is 0 Å². The Bertz CT molecular complexity index is 612. The molecular formula is C14H15N3O3. The van der Waals surface area contributed by atoms with Gasteiger partial charge < -0.3 is 10.6 Å². The molecular weight excluding hydrogens is 258 g/mol. The van der Waals surface area contributed by atoms with Crippen molar-refractivity contribution in [3.63, 3.8) is 0 Å². The molecule has 2 heterocycles. The van der Waals surface area contributed by atoms with Gasteiger partial charge in [0, 0.05) is 24.2 Å². The number of benzene rings is 1. The quantitative estimate of drug-likeness (QED) is 0.559.